The van der Waals surface area contributed by atoms with E-state index in [4.69, 9.17) is 0 Å². The van der Waals surface area contributed by atoms with Gasteiger partial charge in [-0.05, 0) is 19.3 Å². The second-order valence-corrected chi connectivity index (χ2v) is 3.53. The number of nitrogens with zero attached hydrogens (tertiary/aromatic N) is 4. The number of aromatic nitrogens is 4. The number of carbonyl (C=O) groups excluding carboxylic acids is 1. The number of carbonyl (C=O) groups is 1. The van der Waals surface area contributed by atoms with Crippen molar-refractivity contribution in [1.82, 2.24) is 30.8 Å². The summed E-state index contributed by atoms with van der Waals surface area (Å²) in [6.07, 6.45) is 3.40. The molecule has 82 valence electrons. The molecule has 2 N–H and O–H groups in total. The van der Waals surface area contributed by atoms with Crippen LogP contribution in [-0.2, 0) is 6.54 Å². The zero-order chi connectivity index (χ0) is 10.5. The lowest BCUT2D eigenvalue weighted by Gasteiger charge is -2.26. The summed E-state index contributed by atoms with van der Waals surface area (Å²) in [5, 5.41) is 16.0. The van der Waals surface area contributed by atoms with E-state index in [9.17, 15) is 4.79 Å². The molecule has 1 saturated heterocycles. The minimum absolute atomic E-state index is 0.0421. The number of urea groups is 1. The first-order chi connectivity index (χ1) is 7.36. The van der Waals surface area contributed by atoms with Gasteiger partial charge in [0, 0.05) is 13.1 Å². The van der Waals surface area contributed by atoms with Crippen LogP contribution in [-0.4, -0.2) is 44.6 Å². The molecule has 1 aromatic heterocycles. The van der Waals surface area contributed by atoms with Crippen molar-refractivity contribution in [3.63, 3.8) is 0 Å². The van der Waals surface area contributed by atoms with Crippen LogP contribution in [0.4, 0.5) is 4.79 Å². The number of piperidine rings is 1. The summed E-state index contributed by atoms with van der Waals surface area (Å²) in [7, 11) is 0. The van der Waals surface area contributed by atoms with Gasteiger partial charge in [0.1, 0.15) is 0 Å². The molecule has 0 radical (unpaired) electrons. The molecule has 1 aliphatic heterocycles. The lowest BCUT2D eigenvalue weighted by Crippen LogP contribution is -2.42. The number of aromatic amines is 1. The van der Waals surface area contributed by atoms with Crippen molar-refractivity contribution in [3.8, 4) is 0 Å². The lowest BCUT2D eigenvalue weighted by molar-refractivity contribution is 0.186. The Balaban J connectivity index is 1.76. The maximum absolute atomic E-state index is 11.6. The Morgan fingerprint density at radius 2 is 2.20 bits per heavy atom. The third kappa shape index (κ3) is 2.64. The van der Waals surface area contributed by atoms with Crippen molar-refractivity contribution >= 4 is 6.03 Å². The van der Waals surface area contributed by atoms with E-state index in [0.29, 0.717) is 12.4 Å². The third-order valence-corrected chi connectivity index (χ3v) is 2.43. The molecule has 7 nitrogen and oxygen atoms in total. The van der Waals surface area contributed by atoms with Crippen LogP contribution in [0.3, 0.4) is 0 Å². The summed E-state index contributed by atoms with van der Waals surface area (Å²) in [5.41, 5.74) is 0. The van der Waals surface area contributed by atoms with Crippen LogP contribution < -0.4 is 5.32 Å². The van der Waals surface area contributed by atoms with Crippen molar-refractivity contribution in [2.45, 2.75) is 25.8 Å². The fourth-order valence-electron chi connectivity index (χ4n) is 1.62. The molecule has 0 aromatic carbocycles. The lowest BCUT2D eigenvalue weighted by atomic mass is 10.1. The number of nitrogens with one attached hydrogen (secondary N) is 2. The van der Waals surface area contributed by atoms with Crippen molar-refractivity contribution in [2.75, 3.05) is 13.1 Å². The van der Waals surface area contributed by atoms with Crippen molar-refractivity contribution in [2.24, 2.45) is 0 Å². The third-order valence-electron chi connectivity index (χ3n) is 2.43. The van der Waals surface area contributed by atoms with E-state index in [1.807, 2.05) is 4.90 Å². The number of hydrogen-bond acceptors (Lipinski definition) is 4. The predicted octanol–water partition coefficient (Wildman–Crippen LogP) is -0.105. The SMILES string of the molecule is O=C(NCc1nn[nH]n1)N1CCCCC1. The van der Waals surface area contributed by atoms with Gasteiger partial charge in [0.2, 0.25) is 0 Å². The van der Waals surface area contributed by atoms with Crippen LogP contribution in [0.2, 0.25) is 0 Å². The molecule has 2 rings (SSSR count). The van der Waals surface area contributed by atoms with Gasteiger partial charge in [0.05, 0.1) is 6.54 Å². The fraction of sp³-hybridized carbons (Fsp3) is 0.750. The summed E-state index contributed by atoms with van der Waals surface area (Å²) >= 11 is 0. The Morgan fingerprint density at radius 3 is 2.87 bits per heavy atom. The molecule has 1 fully saturated rings. The van der Waals surface area contributed by atoms with E-state index in [2.05, 4.69) is 25.9 Å². The quantitative estimate of drug-likeness (QED) is 0.713. The summed E-state index contributed by atoms with van der Waals surface area (Å²) < 4.78 is 0. The monoisotopic (exact) mass is 210 g/mol. The van der Waals surface area contributed by atoms with E-state index < -0.39 is 0 Å². The molecule has 0 atom stereocenters. The Bertz CT molecular complexity index is 305. The summed E-state index contributed by atoms with van der Waals surface area (Å²) in [4.78, 5) is 13.4. The van der Waals surface area contributed by atoms with Gasteiger partial charge in [-0.1, -0.05) is 5.21 Å². The van der Waals surface area contributed by atoms with Gasteiger partial charge >= 0.3 is 6.03 Å². The Morgan fingerprint density at radius 1 is 1.40 bits per heavy atom. The zero-order valence-electron chi connectivity index (χ0n) is 8.44. The Kier molecular flexibility index (Phi) is 3.11. The molecule has 2 amide bonds. The van der Waals surface area contributed by atoms with E-state index in [1.165, 1.54) is 6.42 Å². The predicted molar refractivity (Wildman–Crippen MR) is 51.8 cm³/mol. The normalized spacial score (nSPS) is 16.4. The highest BCUT2D eigenvalue weighted by atomic mass is 16.2. The van der Waals surface area contributed by atoms with Crippen LogP contribution in [0.1, 0.15) is 25.1 Å². The van der Waals surface area contributed by atoms with Crippen molar-refractivity contribution in [3.05, 3.63) is 5.82 Å². The largest absolute Gasteiger partial charge is 0.331 e. The van der Waals surface area contributed by atoms with Crippen LogP contribution in [0.5, 0.6) is 0 Å². The number of tetrazole rings is 1. The fourth-order valence-corrected chi connectivity index (χ4v) is 1.62. The molecular weight excluding hydrogens is 196 g/mol. The highest BCUT2D eigenvalue weighted by Gasteiger charge is 2.16. The molecule has 0 unspecified atom stereocenters. The topological polar surface area (TPSA) is 86.8 Å². The maximum atomic E-state index is 11.6. The second kappa shape index (κ2) is 4.72. The van der Waals surface area contributed by atoms with E-state index in [0.717, 1.165) is 25.9 Å². The van der Waals surface area contributed by atoms with Crippen LogP contribution in [0.25, 0.3) is 0 Å². The van der Waals surface area contributed by atoms with Gasteiger partial charge in [-0.2, -0.15) is 5.21 Å². The molecule has 0 aliphatic carbocycles. The first-order valence-corrected chi connectivity index (χ1v) is 5.11. The van der Waals surface area contributed by atoms with Crippen molar-refractivity contribution < 1.29 is 4.79 Å². The van der Waals surface area contributed by atoms with E-state index in [-0.39, 0.29) is 6.03 Å². The molecule has 1 aliphatic rings. The molecule has 0 bridgehead atoms. The summed E-state index contributed by atoms with van der Waals surface area (Å²) in [5.74, 6) is 0.500. The van der Waals surface area contributed by atoms with Gasteiger partial charge < -0.3 is 10.2 Å². The summed E-state index contributed by atoms with van der Waals surface area (Å²) in [6, 6.07) is -0.0421. The molecule has 2 heterocycles. The summed E-state index contributed by atoms with van der Waals surface area (Å²) in [6.45, 7) is 2.02. The molecule has 0 saturated carbocycles. The van der Waals surface area contributed by atoms with Gasteiger partial charge in [0.15, 0.2) is 5.82 Å². The van der Waals surface area contributed by atoms with Crippen molar-refractivity contribution in [1.29, 1.82) is 0 Å². The molecule has 15 heavy (non-hydrogen) atoms. The molecular formula is C8H14N6O. The highest BCUT2D eigenvalue weighted by molar-refractivity contribution is 5.74. The second-order valence-electron chi connectivity index (χ2n) is 3.53. The Hall–Kier alpha value is -1.66. The average molecular weight is 210 g/mol. The minimum Gasteiger partial charge on any atom is -0.331 e. The highest BCUT2D eigenvalue weighted by Crippen LogP contribution is 2.08. The van der Waals surface area contributed by atoms with Gasteiger partial charge in [-0.25, -0.2) is 4.79 Å². The van der Waals surface area contributed by atoms with E-state index >= 15 is 0 Å². The minimum atomic E-state index is -0.0421. The molecule has 1 aromatic rings. The number of amides is 2. The smallest absolute Gasteiger partial charge is 0.317 e. The van der Waals surface area contributed by atoms with Gasteiger partial charge in [-0.3, -0.25) is 0 Å². The Labute approximate surface area is 87.2 Å². The number of likely N-dealkylation sites (tertiary alicyclic amines) is 1. The first-order valence-electron chi connectivity index (χ1n) is 5.11. The molecule has 0 spiro atoms. The molecule has 7 heteroatoms. The van der Waals surface area contributed by atoms with Crippen LogP contribution in [0.15, 0.2) is 0 Å². The van der Waals surface area contributed by atoms with Gasteiger partial charge in [-0.15, -0.1) is 10.2 Å². The first kappa shape index (κ1) is 9.88. The standard InChI is InChI=1S/C8H14N6O/c15-8(14-4-2-1-3-5-14)9-6-7-10-12-13-11-7/h1-6H2,(H,9,15)(H,10,11,12,13). The van der Waals surface area contributed by atoms with Gasteiger partial charge in [0.25, 0.3) is 0 Å². The van der Waals surface area contributed by atoms with Crippen LogP contribution in [0, 0.1) is 0 Å². The zero-order valence-corrected chi connectivity index (χ0v) is 8.44. The number of hydrogen-bond donors (Lipinski definition) is 2. The number of H-pyrrole nitrogens is 1. The average Bonchev–Trinajstić information content (AvgIpc) is 2.80. The number of rotatable bonds is 2. The van der Waals surface area contributed by atoms with Crippen LogP contribution >= 0.6 is 0 Å². The van der Waals surface area contributed by atoms with E-state index in [1.54, 1.807) is 0 Å². The maximum Gasteiger partial charge on any atom is 0.317 e.